The van der Waals surface area contributed by atoms with E-state index in [4.69, 9.17) is 10.2 Å². The normalized spacial score (nSPS) is 25.5. The summed E-state index contributed by atoms with van der Waals surface area (Å²) in [5, 5.41) is 12.5. The zero-order valence-electron chi connectivity index (χ0n) is 18.4. The number of aliphatic carboxylic acids is 1. The van der Waals surface area contributed by atoms with Gasteiger partial charge in [0, 0.05) is 18.4 Å². The summed E-state index contributed by atoms with van der Waals surface area (Å²) in [4.78, 5) is 46.9. The lowest BCUT2D eigenvalue weighted by Crippen LogP contribution is -2.33. The van der Waals surface area contributed by atoms with Crippen LogP contribution in [0.2, 0.25) is 0 Å². The molecule has 0 spiro atoms. The molecule has 2 aliphatic carbocycles. The van der Waals surface area contributed by atoms with E-state index in [2.05, 4.69) is 24.4 Å². The van der Waals surface area contributed by atoms with E-state index in [0.29, 0.717) is 36.7 Å². The van der Waals surface area contributed by atoms with Crippen LogP contribution in [0.5, 0.6) is 0 Å². The number of rotatable bonds is 10. The van der Waals surface area contributed by atoms with Crippen molar-refractivity contribution in [3.8, 4) is 0 Å². The van der Waals surface area contributed by atoms with Crippen LogP contribution in [0, 0.1) is 17.8 Å². The summed E-state index contributed by atoms with van der Waals surface area (Å²) in [6, 6.07) is 0.624. The lowest BCUT2D eigenvalue weighted by molar-refractivity contribution is -0.138. The third-order valence-electron chi connectivity index (χ3n) is 6.81. The molecular weight excluding hydrogens is 412 g/mol. The maximum Gasteiger partial charge on any atom is 0.348 e. The summed E-state index contributed by atoms with van der Waals surface area (Å²) in [5.41, 5.74) is 4.35. The van der Waals surface area contributed by atoms with Crippen LogP contribution in [0.15, 0.2) is 27.4 Å². The molecule has 0 aliphatic heterocycles. The lowest BCUT2D eigenvalue weighted by Gasteiger charge is -2.40. The molecule has 1 saturated carbocycles. The molecule has 0 aromatic carbocycles. The van der Waals surface area contributed by atoms with Gasteiger partial charge in [-0.15, -0.1) is 0 Å². The summed E-state index contributed by atoms with van der Waals surface area (Å²) >= 11 is 0. The van der Waals surface area contributed by atoms with E-state index in [1.807, 2.05) is 0 Å². The van der Waals surface area contributed by atoms with Gasteiger partial charge in [0.15, 0.2) is 6.29 Å². The number of carboxylic acid groups (broad SMARTS) is 1. The van der Waals surface area contributed by atoms with Gasteiger partial charge in [0.25, 0.3) is 0 Å². The maximum atomic E-state index is 12.6. The first-order valence-electron chi connectivity index (χ1n) is 11.4. The zero-order chi connectivity index (χ0) is 23.3. The number of fused-ring (bicyclic) bond motifs is 1. The molecule has 8 heteroatoms. The van der Waals surface area contributed by atoms with E-state index >= 15 is 0 Å². The fourth-order valence-electron chi connectivity index (χ4n) is 5.18. The topological polar surface area (TPSA) is 140 Å². The van der Waals surface area contributed by atoms with Crippen LogP contribution in [0.4, 0.5) is 5.69 Å². The highest BCUT2D eigenvalue weighted by molar-refractivity contribution is 5.86. The van der Waals surface area contributed by atoms with Gasteiger partial charge in [-0.1, -0.05) is 38.3 Å². The molecular formula is C24H32N2O6. The third-order valence-corrected chi connectivity index (χ3v) is 6.81. The van der Waals surface area contributed by atoms with Gasteiger partial charge in [0.1, 0.15) is 17.4 Å². The summed E-state index contributed by atoms with van der Waals surface area (Å²) in [5.74, 6) is -0.0864. The Labute approximate surface area is 187 Å². The summed E-state index contributed by atoms with van der Waals surface area (Å²) < 4.78 is 5.61. The highest BCUT2D eigenvalue weighted by atomic mass is 16.4. The number of primary amides is 1. The molecule has 2 aliphatic rings. The number of hydrogen-bond donors (Lipinski definition) is 3. The van der Waals surface area contributed by atoms with Gasteiger partial charge in [-0.3, -0.25) is 9.59 Å². The Morgan fingerprint density at radius 1 is 1.28 bits per heavy atom. The first kappa shape index (κ1) is 23.8. The van der Waals surface area contributed by atoms with Crippen molar-refractivity contribution >= 4 is 23.9 Å². The predicted molar refractivity (Wildman–Crippen MR) is 120 cm³/mol. The number of hydrogen-bond acceptors (Lipinski definition) is 6. The Kier molecular flexibility index (Phi) is 7.88. The van der Waals surface area contributed by atoms with Crippen molar-refractivity contribution < 1.29 is 23.9 Å². The molecule has 4 N–H and O–H groups in total. The van der Waals surface area contributed by atoms with Crippen LogP contribution in [0.3, 0.4) is 0 Å². The van der Waals surface area contributed by atoms with E-state index in [1.165, 1.54) is 6.42 Å². The van der Waals surface area contributed by atoms with Crippen molar-refractivity contribution in [1.82, 2.24) is 0 Å². The molecule has 0 saturated heterocycles. The quantitative estimate of drug-likeness (QED) is 0.285. The average Bonchev–Trinajstić information content (AvgIpc) is 2.75. The van der Waals surface area contributed by atoms with Crippen molar-refractivity contribution in [3.63, 3.8) is 0 Å². The second-order valence-corrected chi connectivity index (χ2v) is 9.01. The van der Waals surface area contributed by atoms with Gasteiger partial charge < -0.3 is 20.6 Å². The monoisotopic (exact) mass is 444 g/mol. The van der Waals surface area contributed by atoms with E-state index in [0.717, 1.165) is 19.3 Å². The van der Waals surface area contributed by atoms with Crippen molar-refractivity contribution in [2.45, 2.75) is 70.3 Å². The Bertz CT molecular complexity index is 937. The highest BCUT2D eigenvalue weighted by Gasteiger charge is 2.38. The SMILES string of the molecule is CC1C=CC2CCCCC2C1c1cc(NC(CCCCC(N)=O)C(=O)O)c(C=O)c(=O)o1. The fraction of sp³-hybridized carbons (Fsp3) is 0.583. The van der Waals surface area contributed by atoms with Crippen molar-refractivity contribution in [3.05, 3.63) is 40.0 Å². The van der Waals surface area contributed by atoms with E-state index in [1.54, 1.807) is 6.07 Å². The summed E-state index contributed by atoms with van der Waals surface area (Å²) in [7, 11) is 0. The molecule has 8 nitrogen and oxygen atoms in total. The molecule has 174 valence electrons. The highest BCUT2D eigenvalue weighted by Crippen LogP contribution is 2.48. The molecule has 32 heavy (non-hydrogen) atoms. The third kappa shape index (κ3) is 5.47. The minimum Gasteiger partial charge on any atom is -0.480 e. The molecule has 1 aromatic rings. The van der Waals surface area contributed by atoms with Crippen LogP contribution in [0.1, 0.15) is 80.3 Å². The van der Waals surface area contributed by atoms with E-state index in [-0.39, 0.29) is 35.9 Å². The number of carbonyl (C=O) groups is 3. The Morgan fingerprint density at radius 3 is 2.72 bits per heavy atom. The molecule has 0 radical (unpaired) electrons. The number of amides is 1. The smallest absolute Gasteiger partial charge is 0.348 e. The van der Waals surface area contributed by atoms with Gasteiger partial charge in [0.2, 0.25) is 5.91 Å². The largest absolute Gasteiger partial charge is 0.480 e. The molecule has 0 bridgehead atoms. The Balaban J connectivity index is 1.88. The lowest BCUT2D eigenvalue weighted by atomic mass is 9.64. The minimum atomic E-state index is -1.10. The number of carbonyl (C=O) groups excluding carboxylic acids is 2. The molecule has 1 fully saturated rings. The predicted octanol–water partition coefficient (Wildman–Crippen LogP) is 3.46. The van der Waals surface area contributed by atoms with Crippen LogP contribution >= 0.6 is 0 Å². The molecule has 1 aromatic heterocycles. The number of nitrogens with two attached hydrogens (primary N) is 1. The van der Waals surface area contributed by atoms with Crippen LogP contribution in [0.25, 0.3) is 0 Å². The van der Waals surface area contributed by atoms with Gasteiger partial charge in [0.05, 0.1) is 5.69 Å². The van der Waals surface area contributed by atoms with Crippen LogP contribution in [-0.4, -0.2) is 29.3 Å². The molecule has 1 heterocycles. The van der Waals surface area contributed by atoms with Crippen LogP contribution < -0.4 is 16.7 Å². The number of aldehydes is 1. The first-order valence-corrected chi connectivity index (χ1v) is 11.4. The van der Waals surface area contributed by atoms with E-state index in [9.17, 15) is 24.3 Å². The molecule has 1 amide bonds. The van der Waals surface area contributed by atoms with Crippen molar-refractivity contribution in [1.29, 1.82) is 0 Å². The standard InChI is InChI=1S/C24H32N2O6/c1-14-10-11-15-6-2-3-7-16(15)22(14)20-12-19(17(13-27)24(31)32-20)26-18(23(29)30)8-4-5-9-21(25)28/h10-16,18,22,26H,2-9H2,1H3,(H2,25,28)(H,29,30). The second kappa shape index (κ2) is 10.6. The Hall–Kier alpha value is -2.90. The van der Waals surface area contributed by atoms with Crippen LogP contribution in [-0.2, 0) is 9.59 Å². The van der Waals surface area contributed by atoms with Gasteiger partial charge in [-0.05, 0) is 43.4 Å². The molecule has 5 unspecified atom stereocenters. The number of anilines is 1. The van der Waals surface area contributed by atoms with Gasteiger partial charge in [-0.25, -0.2) is 9.59 Å². The first-order chi connectivity index (χ1) is 15.3. The maximum absolute atomic E-state index is 12.6. The average molecular weight is 445 g/mol. The number of unbranched alkanes of at least 4 members (excludes halogenated alkanes) is 1. The van der Waals surface area contributed by atoms with Crippen molar-refractivity contribution in [2.24, 2.45) is 23.5 Å². The zero-order valence-corrected chi connectivity index (χ0v) is 18.4. The van der Waals surface area contributed by atoms with Gasteiger partial charge >= 0.3 is 11.6 Å². The number of nitrogens with one attached hydrogen (secondary N) is 1. The second-order valence-electron chi connectivity index (χ2n) is 9.01. The van der Waals surface area contributed by atoms with E-state index < -0.39 is 23.5 Å². The number of allylic oxidation sites excluding steroid dienone is 2. The van der Waals surface area contributed by atoms with Crippen molar-refractivity contribution in [2.75, 3.05) is 5.32 Å². The minimum absolute atomic E-state index is 0.00176. The van der Waals surface area contributed by atoms with Gasteiger partial charge in [-0.2, -0.15) is 0 Å². The summed E-state index contributed by atoms with van der Waals surface area (Å²) in [6.45, 7) is 2.09. The molecule has 3 rings (SSSR count). The fourth-order valence-corrected chi connectivity index (χ4v) is 5.18. The molecule has 5 atom stereocenters. The summed E-state index contributed by atoms with van der Waals surface area (Å²) in [6.07, 6.45) is 10.6. The number of carboxylic acids is 1. The Morgan fingerprint density at radius 2 is 2.03 bits per heavy atom.